The van der Waals surface area contributed by atoms with Crippen molar-refractivity contribution in [1.29, 1.82) is 0 Å². The molecular weight excluding hydrogens is 384 g/mol. The zero-order valence-corrected chi connectivity index (χ0v) is 11.8. The molecule has 1 aromatic heterocycles. The maximum absolute atomic E-state index is 3.91. The fourth-order valence-electron chi connectivity index (χ4n) is 0.919. The maximum atomic E-state index is 3.91. The molecule has 0 bridgehead atoms. The third kappa shape index (κ3) is 3.52. The molecule has 14 heavy (non-hydrogen) atoms. The summed E-state index contributed by atoms with van der Waals surface area (Å²) in [5.41, 5.74) is 4.03. The van der Waals surface area contributed by atoms with E-state index < -0.39 is 0 Å². The molecular formula is C9H7N2S2W-. The van der Waals surface area contributed by atoms with E-state index in [9.17, 15) is 0 Å². The van der Waals surface area contributed by atoms with E-state index in [-0.39, 0.29) is 21.1 Å². The monoisotopic (exact) mass is 391 g/mol. The van der Waals surface area contributed by atoms with Crippen LogP contribution in [0.5, 0.6) is 0 Å². The molecule has 0 unspecified atom stereocenters. The van der Waals surface area contributed by atoms with Crippen molar-refractivity contribution in [2.45, 2.75) is 10.1 Å². The van der Waals surface area contributed by atoms with Crippen molar-refractivity contribution in [3.63, 3.8) is 0 Å². The molecule has 1 aromatic carbocycles. The van der Waals surface area contributed by atoms with Crippen molar-refractivity contribution in [2.24, 2.45) is 0 Å². The molecule has 0 aliphatic heterocycles. The quantitative estimate of drug-likeness (QED) is 0.595. The summed E-state index contributed by atoms with van der Waals surface area (Å²) >= 11 is 3.15. The molecule has 0 aliphatic rings. The van der Waals surface area contributed by atoms with Crippen LogP contribution in [0.1, 0.15) is 5.56 Å². The van der Waals surface area contributed by atoms with Crippen molar-refractivity contribution in [3.8, 4) is 0 Å². The SMILES string of the molecule is [W].[c-]1nnc(SCc2ccccc2)s1. The topological polar surface area (TPSA) is 25.8 Å². The second-order valence-electron chi connectivity index (χ2n) is 2.43. The van der Waals surface area contributed by atoms with Crippen molar-refractivity contribution >= 4 is 23.1 Å². The van der Waals surface area contributed by atoms with Gasteiger partial charge in [-0.25, -0.2) is 0 Å². The third-order valence-electron chi connectivity index (χ3n) is 1.51. The van der Waals surface area contributed by atoms with Gasteiger partial charge in [-0.05, 0) is 5.56 Å². The van der Waals surface area contributed by atoms with Gasteiger partial charge in [0.1, 0.15) is 0 Å². The summed E-state index contributed by atoms with van der Waals surface area (Å²) in [7, 11) is 0. The minimum atomic E-state index is 0. The second-order valence-corrected chi connectivity index (χ2v) is 4.43. The Hall–Kier alpha value is -0.182. The minimum Gasteiger partial charge on any atom is -0.305 e. The van der Waals surface area contributed by atoms with Crippen molar-refractivity contribution in [1.82, 2.24) is 10.2 Å². The number of aromatic nitrogens is 2. The molecule has 0 amide bonds. The summed E-state index contributed by atoms with van der Waals surface area (Å²) in [5.74, 6) is 0.948. The zero-order valence-electron chi connectivity index (χ0n) is 7.21. The minimum absolute atomic E-state index is 0. The van der Waals surface area contributed by atoms with Gasteiger partial charge in [0.15, 0.2) is 0 Å². The maximum Gasteiger partial charge on any atom is 0.0188 e. The Kier molecular flexibility index (Phi) is 5.38. The van der Waals surface area contributed by atoms with Crippen LogP contribution in [0.2, 0.25) is 0 Å². The number of thioether (sulfide) groups is 1. The van der Waals surface area contributed by atoms with Crippen LogP contribution in [0.25, 0.3) is 0 Å². The Morgan fingerprint density at radius 3 is 2.71 bits per heavy atom. The predicted molar refractivity (Wildman–Crippen MR) is 54.7 cm³/mol. The summed E-state index contributed by atoms with van der Waals surface area (Å²) in [6.07, 6.45) is 0. The number of nitrogens with zero attached hydrogens (tertiary/aromatic N) is 2. The fourth-order valence-corrected chi connectivity index (χ4v) is 2.27. The average molecular weight is 391 g/mol. The first-order valence-corrected chi connectivity index (χ1v) is 5.61. The van der Waals surface area contributed by atoms with Crippen LogP contribution in [0, 0.1) is 5.51 Å². The Morgan fingerprint density at radius 1 is 1.29 bits per heavy atom. The van der Waals surface area contributed by atoms with Crippen molar-refractivity contribution in [3.05, 3.63) is 41.4 Å². The van der Waals surface area contributed by atoms with E-state index in [4.69, 9.17) is 0 Å². The van der Waals surface area contributed by atoms with Gasteiger partial charge in [0.25, 0.3) is 0 Å². The number of hydrogen-bond donors (Lipinski definition) is 0. The fraction of sp³-hybridized carbons (Fsp3) is 0.111. The van der Waals surface area contributed by atoms with Gasteiger partial charge in [-0.2, -0.15) is 11.8 Å². The smallest absolute Gasteiger partial charge is 0.0188 e. The Labute approximate surface area is 105 Å². The molecule has 0 radical (unpaired) electrons. The first-order valence-electron chi connectivity index (χ1n) is 3.81. The van der Waals surface area contributed by atoms with Crippen LogP contribution in [0.15, 0.2) is 34.7 Å². The van der Waals surface area contributed by atoms with Crippen LogP contribution < -0.4 is 0 Å². The first kappa shape index (κ1) is 11.9. The average Bonchev–Trinajstić information content (AvgIpc) is 2.69. The number of rotatable bonds is 3. The van der Waals surface area contributed by atoms with Crippen LogP contribution in [0.3, 0.4) is 0 Å². The molecule has 0 atom stereocenters. The molecule has 2 nitrogen and oxygen atoms in total. The van der Waals surface area contributed by atoms with E-state index in [1.165, 1.54) is 16.9 Å². The van der Waals surface area contributed by atoms with Gasteiger partial charge >= 0.3 is 0 Å². The first-order chi connectivity index (χ1) is 6.45. The molecule has 0 saturated heterocycles. The summed E-state index contributed by atoms with van der Waals surface area (Å²) in [4.78, 5) is 0. The van der Waals surface area contributed by atoms with E-state index >= 15 is 0 Å². The van der Waals surface area contributed by atoms with E-state index in [1.807, 2.05) is 18.2 Å². The van der Waals surface area contributed by atoms with E-state index in [1.54, 1.807) is 11.8 Å². The van der Waals surface area contributed by atoms with Gasteiger partial charge in [-0.1, -0.05) is 35.8 Å². The number of hydrogen-bond acceptors (Lipinski definition) is 4. The number of benzene rings is 1. The summed E-state index contributed by atoms with van der Waals surface area (Å²) in [6, 6.07) is 10.3. The van der Waals surface area contributed by atoms with Gasteiger partial charge in [-0.15, -0.1) is 0 Å². The standard InChI is InChI=1S/C9H7N2S2.W/c1-2-4-8(5-3-1)6-12-9-11-10-7-13-9;/h1-5H,6H2;/q-1;. The van der Waals surface area contributed by atoms with Crippen LogP contribution in [0.4, 0.5) is 0 Å². The normalized spacial score (nSPS) is 9.43. The van der Waals surface area contributed by atoms with Crippen molar-refractivity contribution in [2.75, 3.05) is 0 Å². The van der Waals surface area contributed by atoms with E-state index in [0.717, 1.165) is 10.1 Å². The van der Waals surface area contributed by atoms with Crippen LogP contribution >= 0.6 is 23.1 Å². The molecule has 0 saturated carbocycles. The molecule has 72 valence electrons. The second kappa shape index (κ2) is 6.33. The third-order valence-corrected chi connectivity index (χ3v) is 3.35. The van der Waals surface area contributed by atoms with Gasteiger partial charge < -0.3 is 11.3 Å². The summed E-state index contributed by atoms with van der Waals surface area (Å²) in [5, 5.41) is 7.56. The van der Waals surface area contributed by atoms with E-state index in [0.29, 0.717) is 0 Å². The summed E-state index contributed by atoms with van der Waals surface area (Å²) < 4.78 is 0.976. The Balaban J connectivity index is 0.000000980. The molecule has 1 heterocycles. The van der Waals surface area contributed by atoms with Gasteiger partial charge in [0.05, 0.1) is 0 Å². The van der Waals surface area contributed by atoms with Gasteiger partial charge in [0.2, 0.25) is 0 Å². The van der Waals surface area contributed by atoms with Crippen molar-refractivity contribution < 1.29 is 21.1 Å². The van der Waals surface area contributed by atoms with Gasteiger partial charge in [-0.3, -0.25) is 10.2 Å². The predicted octanol–water partition coefficient (Wildman–Crippen LogP) is 2.63. The molecule has 5 heteroatoms. The largest absolute Gasteiger partial charge is 0.305 e. The zero-order chi connectivity index (χ0) is 8.93. The molecule has 0 fully saturated rings. The molecule has 0 aliphatic carbocycles. The molecule has 0 N–H and O–H groups in total. The van der Waals surface area contributed by atoms with Crippen LogP contribution in [-0.2, 0) is 26.8 Å². The molecule has 0 spiro atoms. The van der Waals surface area contributed by atoms with E-state index in [2.05, 4.69) is 27.8 Å². The van der Waals surface area contributed by atoms with Crippen LogP contribution in [-0.4, -0.2) is 10.2 Å². The Morgan fingerprint density at radius 2 is 2.07 bits per heavy atom. The Bertz CT molecular complexity index is 350. The molecule has 2 aromatic rings. The summed E-state index contributed by atoms with van der Waals surface area (Å²) in [6.45, 7) is 0. The van der Waals surface area contributed by atoms with Gasteiger partial charge in [0, 0.05) is 31.2 Å². The molecule has 2 rings (SSSR count).